The summed E-state index contributed by atoms with van der Waals surface area (Å²) in [7, 11) is 1.48. The number of allylic oxidation sites excluding steroid dienone is 1. The number of ether oxygens (including phenoxy) is 1. The van der Waals surface area contributed by atoms with E-state index in [1.807, 2.05) is 0 Å². The van der Waals surface area contributed by atoms with E-state index in [0.717, 1.165) is 31.4 Å². The summed E-state index contributed by atoms with van der Waals surface area (Å²) in [5, 5.41) is 0. The molecule has 0 bridgehead atoms. The van der Waals surface area contributed by atoms with Gasteiger partial charge in [-0.15, -0.1) is 0 Å². The quantitative estimate of drug-likeness (QED) is 0.435. The minimum atomic E-state index is -0.160. The van der Waals surface area contributed by atoms with E-state index in [1.165, 1.54) is 7.11 Å². The molecule has 0 aromatic heterocycles. The summed E-state index contributed by atoms with van der Waals surface area (Å²) in [5.41, 5.74) is 6.97. The third kappa shape index (κ3) is 6.26. The van der Waals surface area contributed by atoms with Gasteiger partial charge in [0.1, 0.15) is 0 Å². The van der Waals surface area contributed by atoms with Crippen molar-refractivity contribution in [1.29, 1.82) is 0 Å². The first-order valence-electron chi connectivity index (χ1n) is 10.5. The lowest BCUT2D eigenvalue weighted by Gasteiger charge is -2.51. The molecule has 0 aliphatic carbocycles. The van der Waals surface area contributed by atoms with Crippen LogP contribution >= 0.6 is 0 Å². The second-order valence-corrected chi connectivity index (χ2v) is 11.1. The monoisotopic (exact) mass is 381 g/mol. The van der Waals surface area contributed by atoms with Crippen molar-refractivity contribution in [2.45, 2.75) is 94.9 Å². The van der Waals surface area contributed by atoms with Crippen molar-refractivity contribution in [1.82, 2.24) is 0 Å². The second kappa shape index (κ2) is 9.01. The maximum Gasteiger partial charge on any atom is 0.309 e. The highest BCUT2D eigenvalue weighted by atomic mass is 16.5. The number of hydrogen-bond donors (Lipinski definition) is 1. The Morgan fingerprint density at radius 3 is 1.67 bits per heavy atom. The highest BCUT2D eigenvalue weighted by molar-refractivity contribution is 5.73. The van der Waals surface area contributed by atoms with Gasteiger partial charge in [0.05, 0.1) is 13.0 Å². The van der Waals surface area contributed by atoms with Crippen LogP contribution in [0.2, 0.25) is 0 Å². The van der Waals surface area contributed by atoms with E-state index in [1.54, 1.807) is 0 Å². The number of rotatable bonds is 10. The van der Waals surface area contributed by atoms with Crippen LogP contribution in [0.25, 0.3) is 0 Å². The normalized spacial score (nSPS) is 16.0. The first-order valence-corrected chi connectivity index (χ1v) is 10.5. The summed E-state index contributed by atoms with van der Waals surface area (Å²) >= 11 is 0. The summed E-state index contributed by atoms with van der Waals surface area (Å²) in [5.74, 6) is -0.0932. The minimum Gasteiger partial charge on any atom is -0.469 e. The van der Waals surface area contributed by atoms with E-state index < -0.39 is 0 Å². The molecule has 0 aromatic rings. The molecular weight excluding hydrogens is 334 g/mol. The van der Waals surface area contributed by atoms with E-state index in [4.69, 9.17) is 10.5 Å². The fourth-order valence-corrected chi connectivity index (χ4v) is 4.01. The van der Waals surface area contributed by atoms with Crippen molar-refractivity contribution < 1.29 is 9.53 Å². The Hall–Kier alpha value is -0.990. The summed E-state index contributed by atoms with van der Waals surface area (Å²) in [6.45, 7) is 26.5. The molecule has 0 heterocycles. The van der Waals surface area contributed by atoms with Gasteiger partial charge in [0, 0.05) is 11.6 Å². The van der Waals surface area contributed by atoms with Gasteiger partial charge in [0.2, 0.25) is 0 Å². The van der Waals surface area contributed by atoms with Crippen molar-refractivity contribution in [3.63, 3.8) is 0 Å². The largest absolute Gasteiger partial charge is 0.469 e. The lowest BCUT2D eigenvalue weighted by atomic mass is 9.53. The van der Waals surface area contributed by atoms with Crippen LogP contribution in [0.3, 0.4) is 0 Å². The van der Waals surface area contributed by atoms with Crippen LogP contribution in [0.1, 0.15) is 94.9 Å². The van der Waals surface area contributed by atoms with E-state index in [-0.39, 0.29) is 39.5 Å². The number of carbonyl (C=O) groups is 1. The Kier molecular flexibility index (Phi) is 8.68. The average Bonchev–Trinajstić information content (AvgIpc) is 2.55. The summed E-state index contributed by atoms with van der Waals surface area (Å²) < 4.78 is 5.14. The van der Waals surface area contributed by atoms with Gasteiger partial charge in [-0.25, -0.2) is 0 Å². The van der Waals surface area contributed by atoms with E-state index in [9.17, 15) is 4.79 Å². The van der Waals surface area contributed by atoms with Gasteiger partial charge in [-0.3, -0.25) is 4.79 Å². The Morgan fingerprint density at radius 2 is 1.37 bits per heavy atom. The van der Waals surface area contributed by atoms with Gasteiger partial charge in [-0.2, -0.15) is 0 Å². The van der Waals surface area contributed by atoms with Crippen LogP contribution in [-0.2, 0) is 9.53 Å². The molecule has 0 spiro atoms. The van der Waals surface area contributed by atoms with Crippen LogP contribution in [0.4, 0.5) is 0 Å². The van der Waals surface area contributed by atoms with Crippen molar-refractivity contribution in [2.24, 2.45) is 39.2 Å². The maximum atomic E-state index is 12.5. The number of hydrogen-bond acceptors (Lipinski definition) is 3. The van der Waals surface area contributed by atoms with Gasteiger partial charge in [0.15, 0.2) is 0 Å². The van der Waals surface area contributed by atoms with Gasteiger partial charge in [-0.05, 0) is 34.5 Å². The molecule has 2 N–H and O–H groups in total. The Morgan fingerprint density at radius 1 is 0.926 bits per heavy atom. The highest BCUT2D eigenvalue weighted by Gasteiger charge is 2.48. The molecule has 0 radical (unpaired) electrons. The predicted octanol–water partition coefficient (Wildman–Crippen LogP) is 6.57. The van der Waals surface area contributed by atoms with Crippen molar-refractivity contribution in [3.8, 4) is 0 Å². The van der Waals surface area contributed by atoms with Crippen molar-refractivity contribution in [3.05, 3.63) is 12.3 Å². The molecule has 0 saturated heterocycles. The molecule has 0 aliphatic heterocycles. The number of methoxy groups -OCH3 is 1. The average molecular weight is 382 g/mol. The molecule has 3 nitrogen and oxygen atoms in total. The zero-order chi connectivity index (χ0) is 21.8. The van der Waals surface area contributed by atoms with E-state index in [0.29, 0.717) is 0 Å². The highest BCUT2D eigenvalue weighted by Crippen LogP contribution is 2.54. The smallest absolute Gasteiger partial charge is 0.309 e. The number of esters is 1. The standard InChI is InChI=1S/C24H47NO2/c1-13-24(11,14-2)16-18(17(3)25)23(9,10)22(7,8)15-19(20(26)27-12)21(4,5)6/h18-19H,3,13-16,25H2,1-2,4-12H3. The molecule has 0 amide bonds. The van der Waals surface area contributed by atoms with Crippen LogP contribution in [0, 0.1) is 33.5 Å². The zero-order valence-corrected chi connectivity index (χ0v) is 20.1. The third-order valence-corrected chi connectivity index (χ3v) is 7.71. The molecule has 2 atom stereocenters. The Bertz CT molecular complexity index is 507. The van der Waals surface area contributed by atoms with Crippen LogP contribution in [-0.4, -0.2) is 13.1 Å². The molecule has 0 aliphatic rings. The molecule has 0 aromatic carbocycles. The van der Waals surface area contributed by atoms with Crippen molar-refractivity contribution in [2.75, 3.05) is 7.11 Å². The van der Waals surface area contributed by atoms with Gasteiger partial charge >= 0.3 is 5.97 Å². The molecule has 0 saturated carbocycles. The van der Waals surface area contributed by atoms with Crippen LogP contribution in [0.5, 0.6) is 0 Å². The number of carbonyl (C=O) groups excluding carboxylic acids is 1. The van der Waals surface area contributed by atoms with Gasteiger partial charge in [0.25, 0.3) is 0 Å². The molecule has 27 heavy (non-hydrogen) atoms. The van der Waals surface area contributed by atoms with E-state index >= 15 is 0 Å². The molecule has 0 fully saturated rings. The number of nitrogens with two attached hydrogens (primary N) is 1. The summed E-state index contributed by atoms with van der Waals surface area (Å²) in [6.07, 6.45) is 4.02. The first kappa shape index (κ1) is 26.0. The SMILES string of the molecule is C=C(N)C(CC(C)(CC)CC)C(C)(C)C(C)(C)CC(C(=O)OC)C(C)(C)C. The topological polar surface area (TPSA) is 52.3 Å². The lowest BCUT2D eigenvalue weighted by molar-refractivity contribution is -0.152. The Labute approximate surface area is 169 Å². The first-order chi connectivity index (χ1) is 12.0. The maximum absolute atomic E-state index is 12.5. The van der Waals surface area contributed by atoms with Gasteiger partial charge < -0.3 is 10.5 Å². The zero-order valence-electron chi connectivity index (χ0n) is 20.1. The van der Waals surface area contributed by atoms with E-state index in [2.05, 4.69) is 75.8 Å². The fourth-order valence-electron chi connectivity index (χ4n) is 4.01. The fraction of sp³-hybridized carbons (Fsp3) is 0.875. The predicted molar refractivity (Wildman–Crippen MR) is 117 cm³/mol. The Balaban J connectivity index is 5.94. The third-order valence-electron chi connectivity index (χ3n) is 7.71. The van der Waals surface area contributed by atoms with Crippen molar-refractivity contribution >= 4 is 5.97 Å². The van der Waals surface area contributed by atoms with Gasteiger partial charge in [-0.1, -0.05) is 88.7 Å². The van der Waals surface area contributed by atoms with Crippen LogP contribution < -0.4 is 5.73 Å². The molecule has 3 heteroatoms. The molecule has 160 valence electrons. The van der Waals surface area contributed by atoms with Crippen LogP contribution in [0.15, 0.2) is 12.3 Å². The summed E-state index contributed by atoms with van der Waals surface area (Å²) in [6, 6.07) is 0. The molecule has 2 unspecified atom stereocenters. The lowest BCUT2D eigenvalue weighted by Crippen LogP contribution is -2.46. The molecular formula is C24H47NO2. The minimum absolute atomic E-state index is 0.109. The molecule has 0 rings (SSSR count). The summed E-state index contributed by atoms with van der Waals surface area (Å²) in [4.78, 5) is 12.5. The second-order valence-electron chi connectivity index (χ2n) is 11.1.